The summed E-state index contributed by atoms with van der Waals surface area (Å²) in [6.07, 6.45) is 8.57. The topological polar surface area (TPSA) is 154 Å². The van der Waals surface area contributed by atoms with Crippen molar-refractivity contribution in [3.05, 3.63) is 88.8 Å². The van der Waals surface area contributed by atoms with Gasteiger partial charge >= 0.3 is 17.9 Å². The molecule has 346 valence electrons. The molecule has 6 heterocycles. The zero-order valence-corrected chi connectivity index (χ0v) is 39.3. The molecular formula is C51H62N4O9S. The molecule has 2 aromatic carbocycles. The third kappa shape index (κ3) is 6.43. The van der Waals surface area contributed by atoms with E-state index in [1.807, 2.05) is 24.1 Å². The van der Waals surface area contributed by atoms with Gasteiger partial charge in [0.2, 0.25) is 5.60 Å². The van der Waals surface area contributed by atoms with E-state index in [2.05, 4.69) is 65.1 Å². The number of likely N-dealkylation sites (N-methyl/N-ethyl adjacent to an activating group) is 1. The van der Waals surface area contributed by atoms with E-state index in [4.69, 9.17) is 18.9 Å². The number of allylic oxidation sites excluding steroid dienone is 1. The van der Waals surface area contributed by atoms with Crippen LogP contribution in [0.2, 0.25) is 0 Å². The highest BCUT2D eigenvalue weighted by Gasteiger charge is 2.79. The van der Waals surface area contributed by atoms with Crippen LogP contribution in [0.1, 0.15) is 64.1 Å². The largest absolute Gasteiger partial charge is 0.508 e. The number of H-pyrrole nitrogens is 1. The molecule has 2 aliphatic carbocycles. The fourth-order valence-electron chi connectivity index (χ4n) is 14.3. The van der Waals surface area contributed by atoms with Gasteiger partial charge in [-0.3, -0.25) is 19.4 Å². The molecule has 0 radical (unpaired) electrons. The number of nitrogens with one attached hydrogen (secondary N) is 1. The lowest BCUT2D eigenvalue weighted by Gasteiger charge is -2.61. The summed E-state index contributed by atoms with van der Waals surface area (Å²) in [5.74, 6) is -2.42. The number of aromatic nitrogens is 1. The number of nitrogens with zero attached hydrogens (tertiary/aromatic N) is 3. The normalized spacial score (nSPS) is 35.9. The lowest BCUT2D eigenvalue weighted by Crippen LogP contribution is -2.77. The van der Waals surface area contributed by atoms with Crippen molar-refractivity contribution in [2.24, 2.45) is 29.1 Å². The molecule has 5 aliphatic heterocycles. The summed E-state index contributed by atoms with van der Waals surface area (Å²) in [6, 6.07) is 12.6. The van der Waals surface area contributed by atoms with Gasteiger partial charge in [0, 0.05) is 96.1 Å². The number of phenolic OH excluding ortho intramolecular Hbond substituents is 1. The zero-order valence-electron chi connectivity index (χ0n) is 38.5. The number of ether oxygens (including phenoxy) is 4. The minimum absolute atomic E-state index is 0.0197. The number of methoxy groups -OCH3 is 3. The van der Waals surface area contributed by atoms with Crippen LogP contribution in [0, 0.1) is 29.1 Å². The molecule has 10 rings (SSSR count). The van der Waals surface area contributed by atoms with Gasteiger partial charge < -0.3 is 39.0 Å². The fraction of sp³-hybridized carbons (Fsp3) is 0.549. The van der Waals surface area contributed by atoms with Crippen LogP contribution < -0.4 is 0 Å². The summed E-state index contributed by atoms with van der Waals surface area (Å²) in [6.45, 7) is 9.46. The van der Waals surface area contributed by atoms with Crippen LogP contribution in [0.5, 0.6) is 5.75 Å². The Morgan fingerprint density at radius 2 is 1.75 bits per heavy atom. The fourth-order valence-corrected chi connectivity index (χ4v) is 15.2. The van der Waals surface area contributed by atoms with E-state index >= 15 is 4.79 Å². The first-order valence-electron chi connectivity index (χ1n) is 23.3. The van der Waals surface area contributed by atoms with Crippen molar-refractivity contribution in [3.8, 4) is 5.75 Å². The van der Waals surface area contributed by atoms with Crippen molar-refractivity contribution in [2.75, 3.05) is 54.6 Å². The van der Waals surface area contributed by atoms with Crippen LogP contribution in [0.3, 0.4) is 0 Å². The first-order chi connectivity index (χ1) is 31.3. The van der Waals surface area contributed by atoms with Crippen LogP contribution in [0.15, 0.2) is 87.3 Å². The summed E-state index contributed by atoms with van der Waals surface area (Å²) in [5.41, 5.74) is 1.58. The average Bonchev–Trinajstić information content (AvgIpc) is 3.94. The van der Waals surface area contributed by atoms with Gasteiger partial charge in [0.25, 0.3) is 0 Å². The van der Waals surface area contributed by atoms with E-state index in [0.717, 1.165) is 88.7 Å². The van der Waals surface area contributed by atoms with Gasteiger partial charge in [-0.05, 0) is 104 Å². The van der Waals surface area contributed by atoms with E-state index in [0.29, 0.717) is 19.4 Å². The number of carbonyl (C=O) groups excluding carboxylic acids is 3. The predicted octanol–water partition coefficient (Wildman–Crippen LogP) is 6.33. The number of esters is 3. The molecule has 0 amide bonds. The summed E-state index contributed by atoms with van der Waals surface area (Å²) in [5, 5.41) is 24.7. The summed E-state index contributed by atoms with van der Waals surface area (Å²) in [4.78, 5) is 55.8. The molecule has 3 aromatic rings. The number of aliphatic hydroxyl groups is 1. The number of hydrogen-bond donors (Lipinski definition) is 3. The maximum absolute atomic E-state index is 15.5. The molecule has 4 unspecified atom stereocenters. The number of rotatable bonds is 9. The Balaban J connectivity index is 1.21. The van der Waals surface area contributed by atoms with Gasteiger partial charge in [-0.1, -0.05) is 55.8 Å². The standard InChI is InChI=1S/C51H62N4O9S/c1-8-29-19-30-24-50(47(58)62-6,43-36(27-54(25-29)26-30)35-21-34(13-14-39(35)52-43)65-33-12-10-11-32(57)20-33)38-22-37-40(23-41(38)61-5)53(4)46-49(37)16-18-55-17-15-31(9-2)42(44(49)55)45(64-28(3)56)51(46,60)48(59)63-7/h10-14,19-23,30-31,38,41-42,44-46,52,57,60H,8-9,15-18,24-27H2,1-7H3/t30-,31+,38?,41?,42?,44+,45-,46-,49-,50+,51-/m1/s1. The lowest BCUT2D eigenvalue weighted by atomic mass is 9.50. The number of phenols is 1. The Morgan fingerprint density at radius 1 is 0.969 bits per heavy atom. The first kappa shape index (κ1) is 44.2. The Morgan fingerprint density at radius 3 is 2.46 bits per heavy atom. The highest BCUT2D eigenvalue weighted by Crippen LogP contribution is 2.68. The number of benzene rings is 2. The molecule has 3 N–H and O–H groups in total. The Hall–Kier alpha value is -4.60. The van der Waals surface area contributed by atoms with Crippen LogP contribution in [-0.2, 0) is 45.3 Å². The highest BCUT2D eigenvalue weighted by molar-refractivity contribution is 7.99. The van der Waals surface area contributed by atoms with Gasteiger partial charge in [0.05, 0.1) is 26.4 Å². The third-order valence-corrected chi connectivity index (χ3v) is 17.6. The maximum atomic E-state index is 15.5. The molecule has 1 spiro atoms. The molecule has 2 bridgehead atoms. The molecule has 4 fully saturated rings. The van der Waals surface area contributed by atoms with Crippen molar-refractivity contribution in [1.29, 1.82) is 0 Å². The van der Waals surface area contributed by atoms with Crippen molar-refractivity contribution >= 4 is 40.6 Å². The van der Waals surface area contributed by atoms with Gasteiger partial charge in [0.1, 0.15) is 17.3 Å². The SMILES string of the molecule is CCC1=C[C@H]2CN(C1)Cc1c([nH]c3ccc(Sc4cccc(O)c4)cc13)[C@@](C(=O)OC)(C1C=C3C(=CC1OC)N(C)[C@H]1[C@@](O)(C(=O)OC)[C@H](OC(C)=O)C4[C@@H](CC)CCN5CC[C@]31[C@H]45)C2. The van der Waals surface area contributed by atoms with Crippen molar-refractivity contribution in [3.63, 3.8) is 0 Å². The number of fused-ring (bicyclic) bond motifs is 6. The molecule has 1 saturated carbocycles. The van der Waals surface area contributed by atoms with Crippen molar-refractivity contribution in [2.45, 2.75) is 105 Å². The van der Waals surface area contributed by atoms with Crippen LogP contribution >= 0.6 is 11.8 Å². The zero-order chi connectivity index (χ0) is 45.7. The molecule has 13 nitrogen and oxygen atoms in total. The van der Waals surface area contributed by atoms with Gasteiger partial charge in [-0.2, -0.15) is 0 Å². The quantitative estimate of drug-likeness (QED) is 0.125. The molecule has 3 saturated heterocycles. The smallest absolute Gasteiger partial charge is 0.344 e. The molecule has 12 atom stereocenters. The number of aromatic amines is 1. The van der Waals surface area contributed by atoms with Gasteiger partial charge in [-0.15, -0.1) is 0 Å². The van der Waals surface area contributed by atoms with Crippen molar-refractivity contribution < 1.29 is 43.5 Å². The van der Waals surface area contributed by atoms with Gasteiger partial charge in [-0.25, -0.2) is 4.79 Å². The number of likely N-dealkylation sites (tertiary alicyclic amines) is 1. The molecular weight excluding hydrogens is 845 g/mol. The number of aromatic hydroxyl groups is 1. The molecule has 14 heteroatoms. The van der Waals surface area contributed by atoms with E-state index in [9.17, 15) is 19.8 Å². The summed E-state index contributed by atoms with van der Waals surface area (Å²) >= 11 is 1.57. The van der Waals surface area contributed by atoms with E-state index in [1.165, 1.54) is 26.7 Å². The average molecular weight is 907 g/mol. The van der Waals surface area contributed by atoms with Crippen LogP contribution in [0.4, 0.5) is 0 Å². The third-order valence-electron chi connectivity index (χ3n) is 16.6. The Bertz CT molecular complexity index is 2540. The molecule has 7 aliphatic rings. The second kappa shape index (κ2) is 16.3. The maximum Gasteiger partial charge on any atom is 0.344 e. The van der Waals surface area contributed by atoms with Gasteiger partial charge in [0.15, 0.2) is 0 Å². The molecule has 1 aromatic heterocycles. The van der Waals surface area contributed by atoms with Crippen molar-refractivity contribution in [1.82, 2.24) is 19.7 Å². The number of carbonyl (C=O) groups is 3. The minimum Gasteiger partial charge on any atom is -0.508 e. The number of piperidine rings is 1. The van der Waals surface area contributed by atoms with E-state index in [-0.39, 0.29) is 35.5 Å². The molecule has 65 heavy (non-hydrogen) atoms. The minimum atomic E-state index is -2.22. The Labute approximate surface area is 385 Å². The summed E-state index contributed by atoms with van der Waals surface area (Å²) in [7, 11) is 6.35. The second-order valence-electron chi connectivity index (χ2n) is 19.6. The van der Waals surface area contributed by atoms with E-state index in [1.54, 1.807) is 31.0 Å². The lowest BCUT2D eigenvalue weighted by molar-refractivity contribution is -0.238. The predicted molar refractivity (Wildman–Crippen MR) is 245 cm³/mol. The van der Waals surface area contributed by atoms with Crippen LogP contribution in [-0.4, -0.2) is 132 Å². The monoisotopic (exact) mass is 906 g/mol. The first-order valence-corrected chi connectivity index (χ1v) is 24.1. The van der Waals surface area contributed by atoms with E-state index < -0.39 is 52.5 Å². The second-order valence-corrected chi connectivity index (χ2v) is 20.7. The number of hydrogen-bond acceptors (Lipinski definition) is 13. The summed E-state index contributed by atoms with van der Waals surface area (Å²) < 4.78 is 24.3. The highest BCUT2D eigenvalue weighted by atomic mass is 32.2. The van der Waals surface area contributed by atoms with Crippen LogP contribution in [0.25, 0.3) is 10.9 Å². The Kier molecular flexibility index (Phi) is 11.1.